The molecule has 76 valence electrons. The van der Waals surface area contributed by atoms with E-state index in [0.717, 1.165) is 12.5 Å². The number of hydrogen-bond acceptors (Lipinski definition) is 3. The molecule has 3 heteroatoms. The second kappa shape index (κ2) is 3.95. The van der Waals surface area contributed by atoms with Crippen LogP contribution in [0.15, 0.2) is 0 Å². The SMILES string of the molecule is OCC(O)CN1CC2CCCC1C2. The molecule has 3 nitrogen and oxygen atoms in total. The molecule has 1 aliphatic carbocycles. The Morgan fingerprint density at radius 1 is 1.38 bits per heavy atom. The third kappa shape index (κ3) is 2.03. The van der Waals surface area contributed by atoms with E-state index in [0.29, 0.717) is 12.6 Å². The number of likely N-dealkylation sites (tertiary alicyclic amines) is 1. The molecule has 1 heterocycles. The molecule has 0 amide bonds. The van der Waals surface area contributed by atoms with Gasteiger partial charge in [0.25, 0.3) is 0 Å². The van der Waals surface area contributed by atoms with Gasteiger partial charge in [0.15, 0.2) is 0 Å². The van der Waals surface area contributed by atoms with Crippen LogP contribution in [0.5, 0.6) is 0 Å². The molecule has 0 aromatic carbocycles. The predicted octanol–water partition coefficient (Wildman–Crippen LogP) is 0.214. The van der Waals surface area contributed by atoms with Crippen molar-refractivity contribution >= 4 is 0 Å². The van der Waals surface area contributed by atoms with Gasteiger partial charge < -0.3 is 10.2 Å². The molecule has 0 spiro atoms. The van der Waals surface area contributed by atoms with Crippen LogP contribution in [0.2, 0.25) is 0 Å². The minimum absolute atomic E-state index is 0.103. The van der Waals surface area contributed by atoms with Gasteiger partial charge in [-0.05, 0) is 25.2 Å². The maximum Gasteiger partial charge on any atom is 0.0897 e. The van der Waals surface area contributed by atoms with Crippen molar-refractivity contribution < 1.29 is 10.2 Å². The highest BCUT2D eigenvalue weighted by Gasteiger charge is 2.35. The van der Waals surface area contributed by atoms with Crippen LogP contribution in [0, 0.1) is 5.92 Å². The summed E-state index contributed by atoms with van der Waals surface area (Å²) in [6.07, 6.45) is 4.77. The molecule has 2 N–H and O–H groups in total. The third-order valence-electron chi connectivity index (χ3n) is 3.42. The van der Waals surface area contributed by atoms with Crippen LogP contribution in [0.1, 0.15) is 25.7 Å². The Balaban J connectivity index is 1.86. The first-order valence-electron chi connectivity index (χ1n) is 5.32. The van der Waals surface area contributed by atoms with Gasteiger partial charge in [0.05, 0.1) is 12.7 Å². The highest BCUT2D eigenvalue weighted by Crippen LogP contribution is 2.35. The molecule has 2 fully saturated rings. The van der Waals surface area contributed by atoms with Crippen molar-refractivity contribution in [1.29, 1.82) is 0 Å². The summed E-state index contributed by atoms with van der Waals surface area (Å²) in [6, 6.07) is 0.694. The van der Waals surface area contributed by atoms with Gasteiger partial charge in [-0.2, -0.15) is 0 Å². The smallest absolute Gasteiger partial charge is 0.0897 e. The molecule has 0 radical (unpaired) electrons. The molecular weight excluding hydrogens is 166 g/mol. The lowest BCUT2D eigenvalue weighted by Crippen LogP contribution is -2.37. The van der Waals surface area contributed by atoms with E-state index in [-0.39, 0.29) is 6.61 Å². The summed E-state index contributed by atoms with van der Waals surface area (Å²) in [7, 11) is 0. The fourth-order valence-electron chi connectivity index (χ4n) is 2.79. The fraction of sp³-hybridized carbons (Fsp3) is 1.00. The summed E-state index contributed by atoms with van der Waals surface area (Å²) >= 11 is 0. The van der Waals surface area contributed by atoms with E-state index in [4.69, 9.17) is 5.11 Å². The van der Waals surface area contributed by atoms with Crippen LogP contribution < -0.4 is 0 Å². The third-order valence-corrected chi connectivity index (χ3v) is 3.42. The number of rotatable bonds is 3. The summed E-state index contributed by atoms with van der Waals surface area (Å²) < 4.78 is 0. The minimum Gasteiger partial charge on any atom is -0.394 e. The molecule has 2 aliphatic rings. The Morgan fingerprint density at radius 2 is 2.23 bits per heavy atom. The molecule has 13 heavy (non-hydrogen) atoms. The van der Waals surface area contributed by atoms with Crippen LogP contribution in [0.3, 0.4) is 0 Å². The number of hydrogen-bond donors (Lipinski definition) is 2. The molecule has 2 bridgehead atoms. The van der Waals surface area contributed by atoms with E-state index in [1.165, 1.54) is 25.7 Å². The monoisotopic (exact) mass is 185 g/mol. The first kappa shape index (κ1) is 9.44. The number of nitrogens with zero attached hydrogens (tertiary/aromatic N) is 1. The molecule has 0 aromatic heterocycles. The van der Waals surface area contributed by atoms with Crippen molar-refractivity contribution in [2.24, 2.45) is 5.92 Å². The van der Waals surface area contributed by atoms with Crippen LogP contribution >= 0.6 is 0 Å². The van der Waals surface area contributed by atoms with Crippen molar-refractivity contribution in [2.45, 2.75) is 37.8 Å². The molecule has 0 aromatic rings. The largest absolute Gasteiger partial charge is 0.394 e. The summed E-state index contributed by atoms with van der Waals surface area (Å²) in [6.45, 7) is 1.70. The predicted molar refractivity (Wildman–Crippen MR) is 50.4 cm³/mol. The van der Waals surface area contributed by atoms with Crippen molar-refractivity contribution in [3.8, 4) is 0 Å². The summed E-state index contributed by atoms with van der Waals surface area (Å²) in [5.74, 6) is 0.865. The van der Waals surface area contributed by atoms with Gasteiger partial charge >= 0.3 is 0 Å². The summed E-state index contributed by atoms with van der Waals surface area (Å²) in [4.78, 5) is 2.36. The lowest BCUT2D eigenvalue weighted by Gasteiger charge is -2.25. The summed E-state index contributed by atoms with van der Waals surface area (Å²) in [5, 5.41) is 18.1. The summed E-state index contributed by atoms with van der Waals surface area (Å²) in [5.41, 5.74) is 0. The second-order valence-electron chi connectivity index (χ2n) is 4.48. The van der Waals surface area contributed by atoms with Gasteiger partial charge in [-0.3, -0.25) is 4.90 Å². The molecule has 3 unspecified atom stereocenters. The van der Waals surface area contributed by atoms with Gasteiger partial charge in [0, 0.05) is 19.1 Å². The van der Waals surface area contributed by atoms with E-state index in [2.05, 4.69) is 4.90 Å². The van der Waals surface area contributed by atoms with E-state index in [1.54, 1.807) is 0 Å². The van der Waals surface area contributed by atoms with E-state index < -0.39 is 6.10 Å². The quantitative estimate of drug-likeness (QED) is 0.661. The molecule has 2 rings (SSSR count). The van der Waals surface area contributed by atoms with Crippen molar-refractivity contribution in [3.63, 3.8) is 0 Å². The number of aliphatic hydroxyl groups excluding tert-OH is 2. The Hall–Kier alpha value is -0.120. The first-order valence-corrected chi connectivity index (χ1v) is 5.32. The second-order valence-corrected chi connectivity index (χ2v) is 4.48. The van der Waals surface area contributed by atoms with Crippen LogP contribution in [-0.4, -0.2) is 47.0 Å². The Bertz CT molecular complexity index is 174. The zero-order chi connectivity index (χ0) is 9.26. The average Bonchev–Trinajstić information content (AvgIpc) is 2.42. The minimum atomic E-state index is -0.542. The molecule has 1 saturated heterocycles. The Kier molecular flexibility index (Phi) is 2.86. The maximum absolute atomic E-state index is 9.35. The lowest BCUT2D eigenvalue weighted by atomic mass is 9.90. The molecule has 1 saturated carbocycles. The van der Waals surface area contributed by atoms with Crippen molar-refractivity contribution in [3.05, 3.63) is 0 Å². The molecule has 3 atom stereocenters. The molecule has 1 aliphatic heterocycles. The number of β-amino-alcohol motifs (C(OH)–C–C–N with tert-alkyl or cyclic N) is 1. The van der Waals surface area contributed by atoms with Crippen LogP contribution in [0.25, 0.3) is 0 Å². The zero-order valence-corrected chi connectivity index (χ0v) is 8.02. The normalized spacial score (nSPS) is 36.5. The van der Waals surface area contributed by atoms with Crippen molar-refractivity contribution in [2.75, 3.05) is 19.7 Å². The van der Waals surface area contributed by atoms with E-state index >= 15 is 0 Å². The molecular formula is C10H19NO2. The Morgan fingerprint density at radius 3 is 2.92 bits per heavy atom. The lowest BCUT2D eigenvalue weighted by molar-refractivity contribution is 0.0547. The maximum atomic E-state index is 9.35. The van der Waals surface area contributed by atoms with Crippen molar-refractivity contribution in [1.82, 2.24) is 4.90 Å². The highest BCUT2D eigenvalue weighted by atomic mass is 16.3. The van der Waals surface area contributed by atoms with Gasteiger partial charge in [0.1, 0.15) is 0 Å². The average molecular weight is 185 g/mol. The van der Waals surface area contributed by atoms with Crippen LogP contribution in [0.4, 0.5) is 0 Å². The van der Waals surface area contributed by atoms with Gasteiger partial charge in [0.2, 0.25) is 0 Å². The zero-order valence-electron chi connectivity index (χ0n) is 8.02. The van der Waals surface area contributed by atoms with E-state index in [1.807, 2.05) is 0 Å². The van der Waals surface area contributed by atoms with Crippen LogP contribution in [-0.2, 0) is 0 Å². The fourth-order valence-corrected chi connectivity index (χ4v) is 2.79. The first-order chi connectivity index (χ1) is 6.29. The standard InChI is InChI=1S/C10H19NO2/c12-7-10(13)6-11-5-8-2-1-3-9(11)4-8/h8-10,12-13H,1-7H2. The van der Waals surface area contributed by atoms with E-state index in [9.17, 15) is 5.11 Å². The van der Waals surface area contributed by atoms with Gasteiger partial charge in [-0.15, -0.1) is 0 Å². The van der Waals surface area contributed by atoms with Gasteiger partial charge in [-0.25, -0.2) is 0 Å². The Labute approximate surface area is 79.4 Å². The number of aliphatic hydroxyl groups is 2. The van der Waals surface area contributed by atoms with Gasteiger partial charge in [-0.1, -0.05) is 6.42 Å². The number of fused-ring (bicyclic) bond motifs is 2. The highest BCUT2D eigenvalue weighted by molar-refractivity contribution is 4.89. The topological polar surface area (TPSA) is 43.7 Å².